The SMILES string of the molecule is COc1cccc(Nc2nc(N)nc(CN3CCCCC3)n2)c1. The fourth-order valence-corrected chi connectivity index (χ4v) is 2.71. The number of nitrogens with one attached hydrogen (secondary N) is 1. The van der Waals surface area contributed by atoms with Crippen molar-refractivity contribution in [1.29, 1.82) is 0 Å². The van der Waals surface area contributed by atoms with Gasteiger partial charge in [0.05, 0.1) is 13.7 Å². The van der Waals surface area contributed by atoms with Crippen LogP contribution in [0.15, 0.2) is 24.3 Å². The molecule has 0 unspecified atom stereocenters. The van der Waals surface area contributed by atoms with E-state index < -0.39 is 0 Å². The second-order valence-corrected chi connectivity index (χ2v) is 5.63. The molecule has 0 radical (unpaired) electrons. The molecule has 1 aliphatic rings. The molecule has 0 amide bonds. The number of ether oxygens (including phenoxy) is 1. The van der Waals surface area contributed by atoms with Crippen LogP contribution in [-0.2, 0) is 6.54 Å². The molecule has 3 rings (SSSR count). The van der Waals surface area contributed by atoms with Crippen LogP contribution in [0.3, 0.4) is 0 Å². The van der Waals surface area contributed by atoms with Crippen molar-refractivity contribution in [2.45, 2.75) is 25.8 Å². The zero-order chi connectivity index (χ0) is 16.1. The molecule has 1 fully saturated rings. The number of anilines is 3. The summed E-state index contributed by atoms with van der Waals surface area (Å²) in [5, 5.41) is 3.16. The van der Waals surface area contributed by atoms with Gasteiger partial charge >= 0.3 is 0 Å². The molecular weight excluding hydrogens is 292 g/mol. The van der Waals surface area contributed by atoms with Gasteiger partial charge < -0.3 is 15.8 Å². The minimum Gasteiger partial charge on any atom is -0.497 e. The van der Waals surface area contributed by atoms with Gasteiger partial charge in [0.2, 0.25) is 11.9 Å². The standard InChI is InChI=1S/C16H22N6O/c1-23-13-7-5-6-12(10-13)18-16-20-14(19-15(17)21-16)11-22-8-3-2-4-9-22/h5-7,10H,2-4,8-9,11H2,1H3,(H3,17,18,19,20,21). The highest BCUT2D eigenvalue weighted by atomic mass is 16.5. The summed E-state index contributed by atoms with van der Waals surface area (Å²) in [6.07, 6.45) is 3.77. The molecule has 23 heavy (non-hydrogen) atoms. The molecule has 0 spiro atoms. The van der Waals surface area contributed by atoms with Crippen molar-refractivity contribution in [1.82, 2.24) is 19.9 Å². The maximum Gasteiger partial charge on any atom is 0.232 e. The summed E-state index contributed by atoms with van der Waals surface area (Å²) in [6, 6.07) is 7.59. The van der Waals surface area contributed by atoms with E-state index in [2.05, 4.69) is 25.2 Å². The Morgan fingerprint density at radius 1 is 1.17 bits per heavy atom. The molecule has 1 saturated heterocycles. The largest absolute Gasteiger partial charge is 0.497 e. The Morgan fingerprint density at radius 2 is 2.00 bits per heavy atom. The summed E-state index contributed by atoms with van der Waals surface area (Å²) in [5.74, 6) is 2.16. The smallest absolute Gasteiger partial charge is 0.232 e. The number of benzene rings is 1. The topological polar surface area (TPSA) is 89.2 Å². The summed E-state index contributed by atoms with van der Waals surface area (Å²) in [4.78, 5) is 15.3. The normalized spacial score (nSPS) is 15.3. The number of likely N-dealkylation sites (tertiary alicyclic amines) is 1. The molecule has 7 nitrogen and oxygen atoms in total. The summed E-state index contributed by atoms with van der Waals surface area (Å²) in [5.41, 5.74) is 6.68. The van der Waals surface area contributed by atoms with Crippen LogP contribution in [-0.4, -0.2) is 40.1 Å². The number of hydrogen-bond acceptors (Lipinski definition) is 7. The molecule has 0 bridgehead atoms. The molecule has 2 heterocycles. The van der Waals surface area contributed by atoms with Gasteiger partial charge in [0.15, 0.2) is 0 Å². The predicted octanol–water partition coefficient (Wildman–Crippen LogP) is 2.19. The van der Waals surface area contributed by atoms with Crippen molar-refractivity contribution in [3.05, 3.63) is 30.1 Å². The predicted molar refractivity (Wildman–Crippen MR) is 89.6 cm³/mol. The van der Waals surface area contributed by atoms with Gasteiger partial charge in [-0.15, -0.1) is 0 Å². The van der Waals surface area contributed by atoms with Crippen LogP contribution in [0.4, 0.5) is 17.6 Å². The first-order chi connectivity index (χ1) is 11.2. The van der Waals surface area contributed by atoms with Gasteiger partial charge in [0, 0.05) is 11.8 Å². The van der Waals surface area contributed by atoms with E-state index in [0.717, 1.165) is 24.5 Å². The number of methoxy groups -OCH3 is 1. The Balaban J connectivity index is 1.73. The van der Waals surface area contributed by atoms with Gasteiger partial charge in [-0.2, -0.15) is 15.0 Å². The summed E-state index contributed by atoms with van der Waals surface area (Å²) in [6.45, 7) is 2.88. The first kappa shape index (κ1) is 15.5. The molecule has 7 heteroatoms. The van der Waals surface area contributed by atoms with Crippen molar-refractivity contribution < 1.29 is 4.74 Å². The maximum absolute atomic E-state index is 5.83. The molecule has 0 atom stereocenters. The van der Waals surface area contributed by atoms with Crippen molar-refractivity contribution in [2.24, 2.45) is 0 Å². The molecule has 122 valence electrons. The third-order valence-corrected chi connectivity index (χ3v) is 3.84. The number of rotatable bonds is 5. The number of nitrogens with zero attached hydrogens (tertiary/aromatic N) is 4. The Morgan fingerprint density at radius 3 is 2.78 bits per heavy atom. The summed E-state index contributed by atoms with van der Waals surface area (Å²) in [7, 11) is 1.64. The minimum atomic E-state index is 0.234. The van der Waals surface area contributed by atoms with Crippen molar-refractivity contribution in [3.8, 4) is 5.75 Å². The molecule has 2 aromatic rings. The van der Waals surface area contributed by atoms with E-state index in [1.165, 1.54) is 19.3 Å². The number of hydrogen-bond donors (Lipinski definition) is 2. The first-order valence-electron chi connectivity index (χ1n) is 7.87. The third kappa shape index (κ3) is 4.29. The fourth-order valence-electron chi connectivity index (χ4n) is 2.71. The second kappa shape index (κ2) is 7.23. The molecule has 1 aliphatic heterocycles. The van der Waals surface area contributed by atoms with Gasteiger partial charge in [-0.25, -0.2) is 0 Å². The Hall–Kier alpha value is -2.41. The van der Waals surface area contributed by atoms with Crippen LogP contribution in [0, 0.1) is 0 Å². The monoisotopic (exact) mass is 314 g/mol. The van der Waals surface area contributed by atoms with Crippen molar-refractivity contribution in [2.75, 3.05) is 31.2 Å². The van der Waals surface area contributed by atoms with E-state index in [1.54, 1.807) is 7.11 Å². The van der Waals surface area contributed by atoms with Gasteiger partial charge in [-0.3, -0.25) is 4.90 Å². The Bertz CT molecular complexity index is 657. The zero-order valence-electron chi connectivity index (χ0n) is 13.3. The van der Waals surface area contributed by atoms with E-state index >= 15 is 0 Å². The van der Waals surface area contributed by atoms with E-state index in [-0.39, 0.29) is 5.95 Å². The second-order valence-electron chi connectivity index (χ2n) is 5.63. The van der Waals surface area contributed by atoms with Crippen LogP contribution in [0.1, 0.15) is 25.1 Å². The Labute approximate surface area is 135 Å². The average Bonchev–Trinajstić information content (AvgIpc) is 2.55. The third-order valence-electron chi connectivity index (χ3n) is 3.84. The average molecular weight is 314 g/mol. The quantitative estimate of drug-likeness (QED) is 0.874. The van der Waals surface area contributed by atoms with Crippen molar-refractivity contribution >= 4 is 17.6 Å². The highest BCUT2D eigenvalue weighted by Gasteiger charge is 2.13. The van der Waals surface area contributed by atoms with E-state index in [9.17, 15) is 0 Å². The van der Waals surface area contributed by atoms with Crippen LogP contribution in [0.5, 0.6) is 5.75 Å². The first-order valence-corrected chi connectivity index (χ1v) is 7.87. The van der Waals surface area contributed by atoms with Crippen LogP contribution >= 0.6 is 0 Å². The fraction of sp³-hybridized carbons (Fsp3) is 0.438. The lowest BCUT2D eigenvalue weighted by molar-refractivity contribution is 0.216. The summed E-state index contributed by atoms with van der Waals surface area (Å²) < 4.78 is 5.22. The van der Waals surface area contributed by atoms with Gasteiger partial charge in [0.25, 0.3) is 0 Å². The lowest BCUT2D eigenvalue weighted by Gasteiger charge is -2.25. The number of piperidine rings is 1. The minimum absolute atomic E-state index is 0.234. The van der Waals surface area contributed by atoms with Gasteiger partial charge in [-0.05, 0) is 38.1 Å². The lowest BCUT2D eigenvalue weighted by atomic mass is 10.1. The molecule has 0 aliphatic carbocycles. The molecular formula is C16H22N6O. The van der Waals surface area contributed by atoms with Crippen LogP contribution in [0.2, 0.25) is 0 Å². The molecule has 1 aromatic carbocycles. The number of nitrogen functional groups attached to an aromatic ring is 1. The maximum atomic E-state index is 5.83. The highest BCUT2D eigenvalue weighted by molar-refractivity contribution is 5.56. The van der Waals surface area contributed by atoms with E-state index in [4.69, 9.17) is 10.5 Å². The van der Waals surface area contributed by atoms with E-state index in [0.29, 0.717) is 18.3 Å². The molecule has 3 N–H and O–H groups in total. The lowest BCUT2D eigenvalue weighted by Crippen LogP contribution is -2.30. The molecule has 0 saturated carbocycles. The summed E-state index contributed by atoms with van der Waals surface area (Å²) >= 11 is 0. The van der Waals surface area contributed by atoms with Gasteiger partial charge in [0.1, 0.15) is 11.6 Å². The highest BCUT2D eigenvalue weighted by Crippen LogP contribution is 2.20. The number of nitrogens with two attached hydrogens (primary N) is 1. The van der Waals surface area contributed by atoms with Crippen LogP contribution in [0.25, 0.3) is 0 Å². The van der Waals surface area contributed by atoms with E-state index in [1.807, 2.05) is 24.3 Å². The Kier molecular flexibility index (Phi) is 4.87. The van der Waals surface area contributed by atoms with Crippen LogP contribution < -0.4 is 15.8 Å². The number of aromatic nitrogens is 3. The molecule has 1 aromatic heterocycles. The van der Waals surface area contributed by atoms with Crippen molar-refractivity contribution in [3.63, 3.8) is 0 Å². The zero-order valence-corrected chi connectivity index (χ0v) is 13.3. The van der Waals surface area contributed by atoms with Gasteiger partial charge in [-0.1, -0.05) is 12.5 Å².